The number of hydrogen-bond acceptors (Lipinski definition) is 3. The highest BCUT2D eigenvalue weighted by molar-refractivity contribution is 5.74. The van der Waals surface area contributed by atoms with Gasteiger partial charge in [-0.2, -0.15) is 0 Å². The van der Waals surface area contributed by atoms with E-state index < -0.39 is 6.10 Å². The van der Waals surface area contributed by atoms with Crippen LogP contribution in [0.5, 0.6) is 0 Å². The molecule has 3 aliphatic rings. The average Bonchev–Trinajstić information content (AvgIpc) is 2.84. The van der Waals surface area contributed by atoms with Crippen molar-refractivity contribution < 1.29 is 14.6 Å². The second kappa shape index (κ2) is 5.76. The van der Waals surface area contributed by atoms with Crippen molar-refractivity contribution in [2.24, 2.45) is 17.3 Å². The van der Waals surface area contributed by atoms with Crippen LogP contribution in [-0.2, 0) is 4.74 Å². The van der Waals surface area contributed by atoms with Crippen molar-refractivity contribution in [1.29, 1.82) is 0 Å². The minimum Gasteiger partial charge on any atom is -0.391 e. The van der Waals surface area contributed by atoms with Crippen molar-refractivity contribution in [1.82, 2.24) is 10.6 Å². The molecule has 1 heterocycles. The third-order valence-electron chi connectivity index (χ3n) is 6.10. The van der Waals surface area contributed by atoms with Gasteiger partial charge in [-0.25, -0.2) is 4.79 Å². The van der Waals surface area contributed by atoms with Crippen LogP contribution in [0.25, 0.3) is 0 Å². The van der Waals surface area contributed by atoms with E-state index in [-0.39, 0.29) is 23.4 Å². The molecule has 5 atom stereocenters. The van der Waals surface area contributed by atoms with E-state index in [4.69, 9.17) is 4.74 Å². The number of amides is 2. The largest absolute Gasteiger partial charge is 0.391 e. The molecule has 21 heavy (non-hydrogen) atoms. The molecule has 1 spiro atoms. The van der Waals surface area contributed by atoms with E-state index in [2.05, 4.69) is 10.6 Å². The summed E-state index contributed by atoms with van der Waals surface area (Å²) in [6.45, 7) is 5.21. The summed E-state index contributed by atoms with van der Waals surface area (Å²) >= 11 is 0. The number of carbonyl (C=O) groups excluding carboxylic acids is 1. The molecule has 1 saturated heterocycles. The van der Waals surface area contributed by atoms with E-state index in [0.29, 0.717) is 18.6 Å². The fourth-order valence-electron chi connectivity index (χ4n) is 4.32. The molecule has 5 heteroatoms. The number of aliphatic hydroxyl groups excluding tert-OH is 1. The van der Waals surface area contributed by atoms with Gasteiger partial charge in [-0.15, -0.1) is 0 Å². The van der Waals surface area contributed by atoms with Crippen LogP contribution >= 0.6 is 0 Å². The lowest BCUT2D eigenvalue weighted by Crippen LogP contribution is -2.72. The Labute approximate surface area is 126 Å². The van der Waals surface area contributed by atoms with Gasteiger partial charge in [-0.1, -0.05) is 26.7 Å². The maximum atomic E-state index is 12.1. The van der Waals surface area contributed by atoms with Gasteiger partial charge >= 0.3 is 6.03 Å². The molecule has 0 bridgehead atoms. The molecule has 120 valence electrons. The van der Waals surface area contributed by atoms with Crippen molar-refractivity contribution in [2.75, 3.05) is 13.2 Å². The van der Waals surface area contributed by atoms with Crippen molar-refractivity contribution >= 4 is 6.03 Å². The van der Waals surface area contributed by atoms with Crippen molar-refractivity contribution in [2.45, 2.75) is 64.2 Å². The lowest BCUT2D eigenvalue weighted by atomic mass is 9.46. The molecule has 0 aromatic carbocycles. The summed E-state index contributed by atoms with van der Waals surface area (Å²) in [7, 11) is 0. The van der Waals surface area contributed by atoms with E-state index in [1.807, 2.05) is 13.8 Å². The standard InChI is InChI=1S/C16H28N2O3/c1-3-10(2)12(19)9-17-15(20)18-13-11-5-8-21-14(11)16(13)6-4-7-16/h10-14,19H,3-9H2,1-2H3,(H2,17,18,20). The highest BCUT2D eigenvalue weighted by Crippen LogP contribution is 2.62. The fraction of sp³-hybridized carbons (Fsp3) is 0.938. The predicted molar refractivity (Wildman–Crippen MR) is 79.9 cm³/mol. The number of rotatable bonds is 5. The zero-order valence-electron chi connectivity index (χ0n) is 13.1. The first kappa shape index (κ1) is 15.1. The Bertz CT molecular complexity index is 397. The van der Waals surface area contributed by atoms with Gasteiger partial charge in [-0.3, -0.25) is 0 Å². The highest BCUT2D eigenvalue weighted by Gasteiger charge is 2.66. The quantitative estimate of drug-likeness (QED) is 0.722. The summed E-state index contributed by atoms with van der Waals surface area (Å²) < 4.78 is 5.85. The first-order valence-electron chi connectivity index (χ1n) is 8.42. The zero-order chi connectivity index (χ0) is 15.0. The molecule has 2 saturated carbocycles. The van der Waals surface area contributed by atoms with E-state index in [9.17, 15) is 9.90 Å². The first-order valence-corrected chi connectivity index (χ1v) is 8.42. The van der Waals surface area contributed by atoms with Gasteiger partial charge in [0.15, 0.2) is 0 Å². The number of ether oxygens (including phenoxy) is 1. The van der Waals surface area contributed by atoms with Gasteiger partial charge in [-0.05, 0) is 25.2 Å². The van der Waals surface area contributed by atoms with Gasteiger partial charge in [0.1, 0.15) is 0 Å². The van der Waals surface area contributed by atoms with E-state index >= 15 is 0 Å². The van der Waals surface area contributed by atoms with E-state index in [1.165, 1.54) is 19.3 Å². The molecule has 2 amide bonds. The second-order valence-electron chi connectivity index (χ2n) is 7.12. The minimum atomic E-state index is -0.470. The van der Waals surface area contributed by atoms with E-state index in [0.717, 1.165) is 19.4 Å². The van der Waals surface area contributed by atoms with Gasteiger partial charge < -0.3 is 20.5 Å². The maximum Gasteiger partial charge on any atom is 0.315 e. The van der Waals surface area contributed by atoms with E-state index in [1.54, 1.807) is 0 Å². The monoisotopic (exact) mass is 296 g/mol. The Kier molecular flexibility index (Phi) is 4.14. The molecule has 0 aromatic rings. The SMILES string of the molecule is CCC(C)C(O)CNC(=O)NC1C2CCOC2C12CCC2. The molecular formula is C16H28N2O3. The van der Waals surface area contributed by atoms with Crippen LogP contribution in [-0.4, -0.2) is 42.5 Å². The normalized spacial score (nSPS) is 35.3. The molecule has 1 aliphatic heterocycles. The molecule has 0 radical (unpaired) electrons. The molecule has 3 rings (SSSR count). The third-order valence-corrected chi connectivity index (χ3v) is 6.10. The second-order valence-corrected chi connectivity index (χ2v) is 7.12. The summed E-state index contributed by atoms with van der Waals surface area (Å²) in [6, 6.07) is 0.124. The predicted octanol–water partition coefficient (Wildman–Crippen LogP) is 1.65. The van der Waals surface area contributed by atoms with Crippen LogP contribution in [0, 0.1) is 17.3 Å². The summed E-state index contributed by atoms with van der Waals surface area (Å²) in [4.78, 5) is 12.1. The first-order chi connectivity index (χ1) is 10.1. The third kappa shape index (κ3) is 2.44. The van der Waals surface area contributed by atoms with Gasteiger partial charge in [0.2, 0.25) is 0 Å². The zero-order valence-corrected chi connectivity index (χ0v) is 13.1. The minimum absolute atomic E-state index is 0.140. The topological polar surface area (TPSA) is 70.6 Å². The fourth-order valence-corrected chi connectivity index (χ4v) is 4.32. The van der Waals surface area contributed by atoms with Crippen molar-refractivity contribution in [3.8, 4) is 0 Å². The Morgan fingerprint density at radius 1 is 1.48 bits per heavy atom. The number of nitrogens with one attached hydrogen (secondary N) is 2. The Morgan fingerprint density at radius 2 is 2.24 bits per heavy atom. The number of aliphatic hydroxyl groups is 1. The van der Waals surface area contributed by atoms with Crippen LogP contribution in [0.2, 0.25) is 0 Å². The number of fused-ring (bicyclic) bond motifs is 2. The van der Waals surface area contributed by atoms with Crippen LogP contribution in [0.4, 0.5) is 4.79 Å². The van der Waals surface area contributed by atoms with Crippen LogP contribution < -0.4 is 10.6 Å². The van der Waals surface area contributed by atoms with Crippen LogP contribution in [0.15, 0.2) is 0 Å². The van der Waals surface area contributed by atoms with Crippen LogP contribution in [0.3, 0.4) is 0 Å². The highest BCUT2D eigenvalue weighted by atomic mass is 16.5. The number of hydrogen-bond donors (Lipinski definition) is 3. The summed E-state index contributed by atoms with van der Waals surface area (Å²) in [6.07, 6.45) is 5.48. The number of urea groups is 1. The smallest absolute Gasteiger partial charge is 0.315 e. The molecule has 3 N–H and O–H groups in total. The lowest BCUT2D eigenvalue weighted by Gasteiger charge is -2.63. The van der Waals surface area contributed by atoms with Gasteiger partial charge in [0, 0.05) is 30.5 Å². The summed E-state index contributed by atoms with van der Waals surface area (Å²) in [5.74, 6) is 0.704. The Morgan fingerprint density at radius 3 is 2.86 bits per heavy atom. The summed E-state index contributed by atoms with van der Waals surface area (Å²) in [5, 5.41) is 15.9. The molecule has 5 nitrogen and oxygen atoms in total. The van der Waals surface area contributed by atoms with Crippen molar-refractivity contribution in [3.05, 3.63) is 0 Å². The van der Waals surface area contributed by atoms with Crippen LogP contribution in [0.1, 0.15) is 46.0 Å². The molecule has 5 unspecified atom stereocenters. The van der Waals surface area contributed by atoms with Gasteiger partial charge in [0.05, 0.1) is 12.2 Å². The summed E-state index contributed by atoms with van der Waals surface area (Å²) in [5.41, 5.74) is 0.216. The van der Waals surface area contributed by atoms with Crippen molar-refractivity contribution in [3.63, 3.8) is 0 Å². The molecule has 2 aliphatic carbocycles. The Balaban J connectivity index is 1.49. The molecule has 0 aromatic heterocycles. The maximum absolute atomic E-state index is 12.1. The molecular weight excluding hydrogens is 268 g/mol. The molecule has 3 fully saturated rings. The van der Waals surface area contributed by atoms with Gasteiger partial charge in [0.25, 0.3) is 0 Å². The lowest BCUT2D eigenvalue weighted by molar-refractivity contribution is -0.172. The average molecular weight is 296 g/mol. The number of carbonyl (C=O) groups is 1. The Hall–Kier alpha value is -0.810.